The van der Waals surface area contributed by atoms with Gasteiger partial charge in [-0.05, 0) is 19.1 Å². The summed E-state index contributed by atoms with van der Waals surface area (Å²) in [4.78, 5) is 15.4. The van der Waals surface area contributed by atoms with Crippen LogP contribution in [0.5, 0.6) is 0 Å². The van der Waals surface area contributed by atoms with Crippen molar-refractivity contribution in [3.63, 3.8) is 0 Å². The number of nitrogens with two attached hydrogens (primary N) is 1. The van der Waals surface area contributed by atoms with E-state index in [2.05, 4.69) is 16.9 Å². The number of carbonyl (C=O) groups excluding carboxylic acids is 1. The van der Waals surface area contributed by atoms with Crippen molar-refractivity contribution in [3.8, 4) is 0 Å². The van der Waals surface area contributed by atoms with E-state index in [9.17, 15) is 4.79 Å². The zero-order valence-corrected chi connectivity index (χ0v) is 8.79. The lowest BCUT2D eigenvalue weighted by Crippen LogP contribution is -2.26. The highest BCUT2D eigenvalue weighted by Gasteiger charge is 2.03. The van der Waals surface area contributed by atoms with Gasteiger partial charge in [-0.1, -0.05) is 12.2 Å². The third kappa shape index (κ3) is 4.26. The molecule has 0 aliphatic carbocycles. The Labute approximate surface area is 89.2 Å². The van der Waals surface area contributed by atoms with E-state index in [1.165, 1.54) is 0 Å². The van der Waals surface area contributed by atoms with Crippen LogP contribution < -0.4 is 11.1 Å². The first-order valence-corrected chi connectivity index (χ1v) is 4.69. The van der Waals surface area contributed by atoms with Crippen molar-refractivity contribution < 1.29 is 4.79 Å². The molecule has 4 nitrogen and oxygen atoms in total. The van der Waals surface area contributed by atoms with Crippen LogP contribution in [0, 0.1) is 0 Å². The molecule has 1 heterocycles. The summed E-state index contributed by atoms with van der Waals surface area (Å²) in [5, 5.41) is 2.74. The van der Waals surface area contributed by atoms with Crippen LogP contribution in [-0.4, -0.2) is 17.4 Å². The number of anilines is 1. The monoisotopic (exact) mass is 205 g/mol. The molecular formula is C11H15N3O. The van der Waals surface area contributed by atoms with Crippen molar-refractivity contribution in [2.45, 2.75) is 13.3 Å². The minimum atomic E-state index is -0.0599. The van der Waals surface area contributed by atoms with Gasteiger partial charge in [-0.15, -0.1) is 0 Å². The Morgan fingerprint density at radius 1 is 1.60 bits per heavy atom. The molecule has 0 radical (unpaired) electrons. The lowest BCUT2D eigenvalue weighted by atomic mass is 10.2. The molecule has 0 unspecified atom stereocenters. The van der Waals surface area contributed by atoms with E-state index in [1.807, 2.05) is 6.92 Å². The zero-order chi connectivity index (χ0) is 11.3. The number of amides is 1. The fourth-order valence-electron chi connectivity index (χ4n) is 1.02. The van der Waals surface area contributed by atoms with E-state index in [1.54, 1.807) is 18.3 Å². The summed E-state index contributed by atoms with van der Waals surface area (Å²) in [6, 6.07) is 3.48. The average molecular weight is 205 g/mol. The molecule has 0 aromatic carbocycles. The summed E-state index contributed by atoms with van der Waals surface area (Å²) in [5.74, 6) is -0.0599. The average Bonchev–Trinajstić information content (AvgIpc) is 2.19. The van der Waals surface area contributed by atoms with E-state index < -0.39 is 0 Å². The van der Waals surface area contributed by atoms with Crippen LogP contribution in [0.4, 0.5) is 5.69 Å². The van der Waals surface area contributed by atoms with Crippen molar-refractivity contribution in [2.75, 3.05) is 12.3 Å². The highest BCUT2D eigenvalue weighted by Crippen LogP contribution is 2.01. The highest BCUT2D eigenvalue weighted by atomic mass is 16.1. The lowest BCUT2D eigenvalue weighted by Gasteiger charge is -2.04. The molecule has 0 fully saturated rings. The minimum absolute atomic E-state index is 0.0599. The Morgan fingerprint density at radius 3 is 2.87 bits per heavy atom. The maximum Gasteiger partial charge on any atom is 0.226 e. The van der Waals surface area contributed by atoms with E-state index in [4.69, 9.17) is 5.73 Å². The van der Waals surface area contributed by atoms with Crippen molar-refractivity contribution in [2.24, 2.45) is 0 Å². The fourth-order valence-corrected chi connectivity index (χ4v) is 1.02. The number of carbonyl (C=O) groups is 1. The topological polar surface area (TPSA) is 68.0 Å². The molecule has 0 saturated carbocycles. The second kappa shape index (κ2) is 5.14. The first kappa shape index (κ1) is 11.2. The van der Waals surface area contributed by atoms with Gasteiger partial charge in [0, 0.05) is 12.2 Å². The van der Waals surface area contributed by atoms with Gasteiger partial charge in [0.25, 0.3) is 0 Å². The maximum atomic E-state index is 11.4. The molecule has 1 aromatic rings. The molecule has 0 spiro atoms. The van der Waals surface area contributed by atoms with Gasteiger partial charge in [-0.25, -0.2) is 0 Å². The molecule has 0 aliphatic heterocycles. The molecule has 3 N–H and O–H groups in total. The van der Waals surface area contributed by atoms with Gasteiger partial charge in [0.2, 0.25) is 5.91 Å². The molecule has 1 rings (SSSR count). The van der Waals surface area contributed by atoms with Crippen LogP contribution in [0.2, 0.25) is 0 Å². The molecule has 15 heavy (non-hydrogen) atoms. The van der Waals surface area contributed by atoms with Crippen molar-refractivity contribution in [1.29, 1.82) is 0 Å². The predicted octanol–water partition coefficient (Wildman–Crippen LogP) is 0.899. The van der Waals surface area contributed by atoms with Gasteiger partial charge in [-0.2, -0.15) is 0 Å². The number of rotatable bonds is 4. The van der Waals surface area contributed by atoms with E-state index in [-0.39, 0.29) is 12.3 Å². The summed E-state index contributed by atoms with van der Waals surface area (Å²) in [6.45, 7) is 6.07. The first-order chi connectivity index (χ1) is 7.08. The molecule has 1 aromatic heterocycles. The Hall–Kier alpha value is -1.84. The van der Waals surface area contributed by atoms with Gasteiger partial charge in [0.1, 0.15) is 0 Å². The largest absolute Gasteiger partial charge is 0.397 e. The highest BCUT2D eigenvalue weighted by molar-refractivity contribution is 5.78. The molecule has 4 heteroatoms. The number of pyridine rings is 1. The van der Waals surface area contributed by atoms with Crippen LogP contribution in [0.15, 0.2) is 30.5 Å². The Kier molecular flexibility index (Phi) is 3.85. The van der Waals surface area contributed by atoms with Crippen LogP contribution in [-0.2, 0) is 11.2 Å². The summed E-state index contributed by atoms with van der Waals surface area (Å²) in [5.41, 5.74) is 7.72. The van der Waals surface area contributed by atoms with Gasteiger partial charge in [0.05, 0.1) is 18.3 Å². The molecule has 80 valence electrons. The number of aromatic nitrogens is 1. The van der Waals surface area contributed by atoms with Gasteiger partial charge >= 0.3 is 0 Å². The number of nitrogen functional groups attached to an aromatic ring is 1. The number of hydrogen-bond acceptors (Lipinski definition) is 3. The smallest absolute Gasteiger partial charge is 0.226 e. The molecule has 0 bridgehead atoms. The van der Waals surface area contributed by atoms with E-state index >= 15 is 0 Å². The third-order valence-electron chi connectivity index (χ3n) is 1.78. The number of nitrogens with one attached hydrogen (secondary N) is 1. The van der Waals surface area contributed by atoms with Crippen LogP contribution in [0.25, 0.3) is 0 Å². The molecule has 0 aliphatic rings. The third-order valence-corrected chi connectivity index (χ3v) is 1.78. The number of nitrogens with zero attached hydrogens (tertiary/aromatic N) is 1. The molecule has 0 saturated heterocycles. The van der Waals surface area contributed by atoms with Crippen LogP contribution in [0.1, 0.15) is 12.6 Å². The van der Waals surface area contributed by atoms with Crippen molar-refractivity contribution in [3.05, 3.63) is 36.2 Å². The Balaban J connectivity index is 2.44. The van der Waals surface area contributed by atoms with Gasteiger partial charge in [-0.3, -0.25) is 9.78 Å². The Morgan fingerprint density at radius 2 is 2.33 bits per heavy atom. The van der Waals surface area contributed by atoms with Crippen LogP contribution in [0.3, 0.4) is 0 Å². The number of hydrogen-bond donors (Lipinski definition) is 2. The SMILES string of the molecule is C=C(C)CNC(=O)Cc1ccc(N)cn1. The molecule has 0 atom stereocenters. The first-order valence-electron chi connectivity index (χ1n) is 4.69. The van der Waals surface area contributed by atoms with Crippen molar-refractivity contribution in [1.82, 2.24) is 10.3 Å². The second-order valence-corrected chi connectivity index (χ2v) is 3.49. The summed E-state index contributed by atoms with van der Waals surface area (Å²) < 4.78 is 0. The molecule has 1 amide bonds. The van der Waals surface area contributed by atoms with Gasteiger partial charge in [0.15, 0.2) is 0 Å². The fraction of sp³-hybridized carbons (Fsp3) is 0.273. The second-order valence-electron chi connectivity index (χ2n) is 3.49. The van der Waals surface area contributed by atoms with E-state index in [0.29, 0.717) is 17.9 Å². The summed E-state index contributed by atoms with van der Waals surface area (Å²) in [7, 11) is 0. The standard InChI is InChI=1S/C11H15N3O/c1-8(2)6-14-11(15)5-10-4-3-9(12)7-13-10/h3-4,7H,1,5-6,12H2,2H3,(H,14,15). The zero-order valence-electron chi connectivity index (χ0n) is 8.79. The lowest BCUT2D eigenvalue weighted by molar-refractivity contribution is -0.120. The normalized spacial score (nSPS) is 9.67. The van der Waals surface area contributed by atoms with Gasteiger partial charge < -0.3 is 11.1 Å². The summed E-state index contributed by atoms with van der Waals surface area (Å²) in [6.07, 6.45) is 1.81. The predicted molar refractivity (Wildman–Crippen MR) is 60.2 cm³/mol. The van der Waals surface area contributed by atoms with Crippen molar-refractivity contribution >= 4 is 11.6 Å². The van der Waals surface area contributed by atoms with E-state index in [0.717, 1.165) is 5.57 Å². The minimum Gasteiger partial charge on any atom is -0.397 e. The summed E-state index contributed by atoms with van der Waals surface area (Å²) >= 11 is 0. The Bertz CT molecular complexity index is 357. The quantitative estimate of drug-likeness (QED) is 0.717. The molecular weight excluding hydrogens is 190 g/mol. The maximum absolute atomic E-state index is 11.4. The van der Waals surface area contributed by atoms with Crippen LogP contribution >= 0.6 is 0 Å².